The molecule has 3 rings (SSSR count). The van der Waals surface area contributed by atoms with Crippen LogP contribution in [0.4, 0.5) is 0 Å². The quantitative estimate of drug-likeness (QED) is 0.880. The van der Waals surface area contributed by atoms with Crippen LogP contribution in [0.2, 0.25) is 0 Å². The average molecular weight is 266 g/mol. The van der Waals surface area contributed by atoms with Crippen LogP contribution in [0.25, 0.3) is 0 Å². The summed E-state index contributed by atoms with van der Waals surface area (Å²) in [5, 5.41) is 9.88. The molecule has 3 N–H and O–H groups in total. The maximum Gasteiger partial charge on any atom is 0.0570 e. The minimum atomic E-state index is -0.0951. The Morgan fingerprint density at radius 2 is 2.06 bits per heavy atom. The fraction of sp³-hybridized carbons (Fsp3) is 0.714. The normalized spacial score (nSPS) is 33.8. The van der Waals surface area contributed by atoms with Gasteiger partial charge in [0.05, 0.1) is 12.1 Å². The number of hydrogen-bond donors (Lipinski definition) is 2. The van der Waals surface area contributed by atoms with Gasteiger partial charge in [-0.05, 0) is 44.7 Å². The van der Waals surface area contributed by atoms with Crippen LogP contribution in [0.1, 0.15) is 41.5 Å². The zero-order valence-electron chi connectivity index (χ0n) is 10.9. The van der Waals surface area contributed by atoms with Crippen LogP contribution >= 0.6 is 11.3 Å². The molecule has 2 aliphatic rings. The molecule has 3 atom stereocenters. The fourth-order valence-electron chi connectivity index (χ4n) is 3.71. The number of piperidine rings is 1. The Kier molecular flexibility index (Phi) is 3.45. The highest BCUT2D eigenvalue weighted by Crippen LogP contribution is 2.42. The lowest BCUT2D eigenvalue weighted by molar-refractivity contribution is 0.0124. The number of rotatable bonds is 3. The van der Waals surface area contributed by atoms with Crippen molar-refractivity contribution in [1.29, 1.82) is 0 Å². The molecule has 0 spiro atoms. The second-order valence-electron chi connectivity index (χ2n) is 5.66. The molecule has 2 fully saturated rings. The van der Waals surface area contributed by atoms with E-state index in [1.165, 1.54) is 22.6 Å². The van der Waals surface area contributed by atoms with Crippen LogP contribution in [0.15, 0.2) is 12.1 Å². The van der Waals surface area contributed by atoms with Crippen molar-refractivity contribution in [3.63, 3.8) is 0 Å². The van der Waals surface area contributed by atoms with Crippen molar-refractivity contribution >= 4 is 11.3 Å². The molecule has 3 nitrogen and oxygen atoms in total. The van der Waals surface area contributed by atoms with Crippen LogP contribution in [-0.2, 0) is 0 Å². The third-order valence-electron chi connectivity index (χ3n) is 4.44. The van der Waals surface area contributed by atoms with Gasteiger partial charge < -0.3 is 10.8 Å². The summed E-state index contributed by atoms with van der Waals surface area (Å²) < 4.78 is 0. The second-order valence-corrected chi connectivity index (χ2v) is 6.98. The minimum absolute atomic E-state index is 0.0951. The van der Waals surface area contributed by atoms with Gasteiger partial charge in [0.25, 0.3) is 0 Å². The molecule has 3 heterocycles. The molecule has 4 heteroatoms. The number of nitrogens with zero attached hydrogens (tertiary/aromatic N) is 1. The highest BCUT2D eigenvalue weighted by atomic mass is 32.1. The molecule has 0 saturated carbocycles. The number of aliphatic hydroxyl groups excluding tert-OH is 1. The van der Waals surface area contributed by atoms with Gasteiger partial charge in [0.2, 0.25) is 0 Å². The van der Waals surface area contributed by atoms with Crippen molar-refractivity contribution in [2.45, 2.75) is 56.8 Å². The van der Waals surface area contributed by atoms with E-state index in [9.17, 15) is 5.11 Å². The number of thiophene rings is 1. The minimum Gasteiger partial charge on any atom is -0.393 e. The van der Waals surface area contributed by atoms with E-state index < -0.39 is 0 Å². The molecular formula is C14H22N2OS. The Bertz CT molecular complexity index is 406. The standard InChI is InChI=1S/C14H22N2OS/c1-9-2-5-14(18-9)13(8-15)16-10-3-4-11(16)7-12(17)6-10/h2,5,10-13,17H,3-4,6-8,15H2,1H3. The van der Waals surface area contributed by atoms with Crippen molar-refractivity contribution in [1.82, 2.24) is 4.90 Å². The van der Waals surface area contributed by atoms with Crippen molar-refractivity contribution in [3.05, 3.63) is 21.9 Å². The van der Waals surface area contributed by atoms with Crippen molar-refractivity contribution in [2.24, 2.45) is 5.73 Å². The molecule has 2 bridgehead atoms. The second kappa shape index (κ2) is 4.93. The number of aliphatic hydroxyl groups is 1. The molecule has 0 amide bonds. The zero-order valence-corrected chi connectivity index (χ0v) is 11.7. The smallest absolute Gasteiger partial charge is 0.0570 e. The monoisotopic (exact) mass is 266 g/mol. The molecule has 2 saturated heterocycles. The molecular weight excluding hydrogens is 244 g/mol. The Labute approximate surface area is 113 Å². The first-order valence-electron chi connectivity index (χ1n) is 6.91. The predicted molar refractivity (Wildman–Crippen MR) is 74.7 cm³/mol. The molecule has 18 heavy (non-hydrogen) atoms. The predicted octanol–water partition coefficient (Wildman–Crippen LogP) is 2.04. The van der Waals surface area contributed by atoms with Gasteiger partial charge >= 0.3 is 0 Å². The fourth-order valence-corrected chi connectivity index (χ4v) is 4.71. The summed E-state index contributed by atoms with van der Waals surface area (Å²) in [6, 6.07) is 5.84. The Hall–Kier alpha value is -0.420. The van der Waals surface area contributed by atoms with E-state index in [2.05, 4.69) is 24.0 Å². The maximum absolute atomic E-state index is 9.88. The summed E-state index contributed by atoms with van der Waals surface area (Å²) in [6.07, 6.45) is 4.21. The first-order valence-corrected chi connectivity index (χ1v) is 7.72. The maximum atomic E-state index is 9.88. The summed E-state index contributed by atoms with van der Waals surface area (Å²) in [6.45, 7) is 2.83. The van der Waals surface area contributed by atoms with Crippen molar-refractivity contribution in [3.8, 4) is 0 Å². The van der Waals surface area contributed by atoms with E-state index in [1.807, 2.05) is 11.3 Å². The van der Waals surface area contributed by atoms with E-state index in [4.69, 9.17) is 5.73 Å². The van der Waals surface area contributed by atoms with E-state index >= 15 is 0 Å². The van der Waals surface area contributed by atoms with Gasteiger partial charge in [0.1, 0.15) is 0 Å². The lowest BCUT2D eigenvalue weighted by Gasteiger charge is -2.41. The van der Waals surface area contributed by atoms with Crippen LogP contribution in [0.5, 0.6) is 0 Å². The van der Waals surface area contributed by atoms with E-state index in [1.54, 1.807) is 0 Å². The van der Waals surface area contributed by atoms with Crippen LogP contribution in [-0.4, -0.2) is 34.7 Å². The highest BCUT2D eigenvalue weighted by molar-refractivity contribution is 7.12. The van der Waals surface area contributed by atoms with Gasteiger partial charge in [0.15, 0.2) is 0 Å². The lowest BCUT2D eigenvalue weighted by Crippen LogP contribution is -2.48. The average Bonchev–Trinajstić information content (AvgIpc) is 2.85. The van der Waals surface area contributed by atoms with Crippen LogP contribution < -0.4 is 5.73 Å². The lowest BCUT2D eigenvalue weighted by atomic mass is 9.97. The zero-order chi connectivity index (χ0) is 12.7. The third kappa shape index (κ3) is 2.11. The van der Waals surface area contributed by atoms with Gasteiger partial charge in [0, 0.05) is 28.4 Å². The third-order valence-corrected chi connectivity index (χ3v) is 5.54. The summed E-state index contributed by atoms with van der Waals surface area (Å²) in [5.41, 5.74) is 6.03. The molecule has 1 aromatic heterocycles. The molecule has 0 aliphatic carbocycles. The largest absolute Gasteiger partial charge is 0.393 e. The van der Waals surface area contributed by atoms with Crippen LogP contribution in [0, 0.1) is 6.92 Å². The van der Waals surface area contributed by atoms with Gasteiger partial charge in [-0.3, -0.25) is 4.90 Å². The summed E-state index contributed by atoms with van der Waals surface area (Å²) in [5.74, 6) is 0. The molecule has 3 unspecified atom stereocenters. The van der Waals surface area contributed by atoms with E-state index in [0.717, 1.165) is 12.8 Å². The summed E-state index contributed by atoms with van der Waals surface area (Å²) in [7, 11) is 0. The molecule has 100 valence electrons. The van der Waals surface area contributed by atoms with E-state index in [0.29, 0.717) is 24.7 Å². The summed E-state index contributed by atoms with van der Waals surface area (Å²) in [4.78, 5) is 5.34. The van der Waals surface area contributed by atoms with Gasteiger partial charge in [-0.15, -0.1) is 11.3 Å². The number of nitrogens with two attached hydrogens (primary N) is 1. The van der Waals surface area contributed by atoms with Crippen molar-refractivity contribution < 1.29 is 5.11 Å². The molecule has 1 aromatic rings. The van der Waals surface area contributed by atoms with Crippen LogP contribution in [0.3, 0.4) is 0 Å². The molecule has 0 radical (unpaired) electrons. The highest BCUT2D eigenvalue weighted by Gasteiger charge is 2.43. The SMILES string of the molecule is Cc1ccc(C(CN)N2C3CCC2CC(O)C3)s1. The number of hydrogen-bond acceptors (Lipinski definition) is 4. The van der Waals surface area contributed by atoms with Gasteiger partial charge in [-0.2, -0.15) is 0 Å². The number of fused-ring (bicyclic) bond motifs is 2. The van der Waals surface area contributed by atoms with Gasteiger partial charge in [-0.1, -0.05) is 0 Å². The Morgan fingerprint density at radius 1 is 1.39 bits per heavy atom. The topological polar surface area (TPSA) is 49.5 Å². The van der Waals surface area contributed by atoms with E-state index in [-0.39, 0.29) is 6.10 Å². The van der Waals surface area contributed by atoms with Gasteiger partial charge in [-0.25, -0.2) is 0 Å². The number of aryl methyl sites for hydroxylation is 1. The Balaban J connectivity index is 1.84. The summed E-state index contributed by atoms with van der Waals surface area (Å²) >= 11 is 1.86. The first-order chi connectivity index (χ1) is 8.69. The molecule has 0 aromatic carbocycles. The van der Waals surface area contributed by atoms with Crippen molar-refractivity contribution in [2.75, 3.05) is 6.54 Å². The molecule has 2 aliphatic heterocycles. The Morgan fingerprint density at radius 3 is 2.56 bits per heavy atom. The first kappa shape index (κ1) is 12.6.